The van der Waals surface area contributed by atoms with Crippen molar-refractivity contribution in [3.05, 3.63) is 169 Å². The first-order valence-electron chi connectivity index (χ1n) is 16.8. The predicted octanol–water partition coefficient (Wildman–Crippen LogP) is 9.63. The van der Waals surface area contributed by atoms with Crippen LogP contribution in [-0.4, -0.2) is 34.9 Å². The summed E-state index contributed by atoms with van der Waals surface area (Å²) in [5, 5.41) is 4.22. The van der Waals surface area contributed by atoms with Gasteiger partial charge in [-0.25, -0.2) is 24.3 Å². The molecular weight excluding hydrogens is 650 g/mol. The molecular formula is C43H28FN7O. The first kappa shape index (κ1) is 31.0. The fourth-order valence-electron chi connectivity index (χ4n) is 6.79. The molecule has 9 heteroatoms. The lowest BCUT2D eigenvalue weighted by molar-refractivity contribution is 0.535. The normalized spacial score (nSPS) is 12.1. The monoisotopic (exact) mass is 677 g/mol. The number of benzene rings is 2. The second kappa shape index (κ2) is 13.0. The van der Waals surface area contributed by atoms with E-state index < -0.39 is 0 Å². The fourth-order valence-corrected chi connectivity index (χ4v) is 6.79. The van der Waals surface area contributed by atoms with E-state index in [1.807, 2.05) is 49.6 Å². The summed E-state index contributed by atoms with van der Waals surface area (Å²) < 4.78 is 19.8. The number of pyridine rings is 5. The molecule has 0 aliphatic heterocycles. The van der Waals surface area contributed by atoms with Crippen LogP contribution in [0.15, 0.2) is 145 Å². The first-order chi connectivity index (χ1) is 25.6. The van der Waals surface area contributed by atoms with Crippen LogP contribution in [0, 0.1) is 12.7 Å². The smallest absolute Gasteiger partial charge is 0.160 e. The Kier molecular flexibility index (Phi) is 7.77. The molecule has 1 aliphatic carbocycles. The number of aryl methyl sites for hydroxylation is 1. The Morgan fingerprint density at radius 2 is 1.33 bits per heavy atom. The summed E-state index contributed by atoms with van der Waals surface area (Å²) in [5.74, 6) is 0.544. The predicted molar refractivity (Wildman–Crippen MR) is 200 cm³/mol. The highest BCUT2D eigenvalue weighted by molar-refractivity contribution is 6.04. The molecule has 10 rings (SSSR count). The highest BCUT2D eigenvalue weighted by Crippen LogP contribution is 2.37. The molecule has 0 amide bonds. The van der Waals surface area contributed by atoms with Crippen molar-refractivity contribution in [2.75, 3.05) is 0 Å². The summed E-state index contributed by atoms with van der Waals surface area (Å²) in [4.78, 5) is 31.4. The molecule has 0 spiro atoms. The summed E-state index contributed by atoms with van der Waals surface area (Å²) in [6.07, 6.45) is 15.1. The lowest BCUT2D eigenvalue weighted by Crippen LogP contribution is -1.98. The Morgan fingerprint density at radius 1 is 0.596 bits per heavy atom. The number of nitrogens with zero attached hydrogens (tertiary/aromatic N) is 7. The molecule has 8 nitrogen and oxygen atoms in total. The van der Waals surface area contributed by atoms with E-state index in [-0.39, 0.29) is 5.82 Å². The lowest BCUT2D eigenvalue weighted by Gasteiger charge is -2.11. The van der Waals surface area contributed by atoms with Crippen LogP contribution >= 0.6 is 0 Å². The van der Waals surface area contributed by atoms with Gasteiger partial charge in [-0.1, -0.05) is 36.4 Å². The van der Waals surface area contributed by atoms with Crippen LogP contribution in [0.4, 0.5) is 4.39 Å². The van der Waals surface area contributed by atoms with Crippen LogP contribution in [-0.2, 0) is 6.42 Å². The van der Waals surface area contributed by atoms with E-state index in [1.165, 1.54) is 6.07 Å². The van der Waals surface area contributed by atoms with Gasteiger partial charge in [-0.05, 0) is 89.7 Å². The average molecular weight is 678 g/mol. The zero-order chi connectivity index (χ0) is 35.0. The topological polar surface area (TPSA) is 103 Å². The van der Waals surface area contributed by atoms with Crippen molar-refractivity contribution in [2.24, 2.45) is 0 Å². The van der Waals surface area contributed by atoms with Gasteiger partial charge < -0.3 is 4.42 Å². The number of rotatable bonds is 4. The number of allylic oxidation sites excluding steroid dienone is 1. The van der Waals surface area contributed by atoms with Gasteiger partial charge in [0.25, 0.3) is 0 Å². The van der Waals surface area contributed by atoms with Crippen LogP contribution in [0.3, 0.4) is 0 Å². The standard InChI is InChI=1S/C22H15N3O.C21H13FN4/c1-14-16(8-11-26-14)21-12-20(19-6-3-9-24-22(19)25-21)18-5-2-4-15-13-23-10-7-17(15)18;22-17-6-2-1-4-15(17)19-12-16(14-5-3-9-25-21(14)26-19)13-7-8-18-20(13)24-11-10-23-18/h2-13H,1H3;1-7,9-12H,8H2. The number of halogens is 1. The zero-order valence-electron chi connectivity index (χ0n) is 27.9. The van der Waals surface area contributed by atoms with Crippen LogP contribution in [0.5, 0.6) is 0 Å². The molecule has 0 fully saturated rings. The second-order valence-corrected chi connectivity index (χ2v) is 12.3. The Morgan fingerprint density at radius 3 is 2.12 bits per heavy atom. The molecule has 0 radical (unpaired) electrons. The van der Waals surface area contributed by atoms with E-state index in [0.29, 0.717) is 16.9 Å². The third-order valence-corrected chi connectivity index (χ3v) is 9.24. The van der Waals surface area contributed by atoms with Crippen molar-refractivity contribution in [3.8, 4) is 33.6 Å². The van der Waals surface area contributed by atoms with E-state index in [9.17, 15) is 4.39 Å². The van der Waals surface area contributed by atoms with Crippen molar-refractivity contribution in [1.29, 1.82) is 0 Å². The summed E-state index contributed by atoms with van der Waals surface area (Å²) in [5.41, 5.74) is 10.2. The van der Waals surface area contributed by atoms with Gasteiger partial charge in [-0.3, -0.25) is 15.0 Å². The maximum absolute atomic E-state index is 14.3. The van der Waals surface area contributed by atoms with E-state index in [0.717, 1.165) is 84.3 Å². The molecule has 9 aromatic rings. The second-order valence-electron chi connectivity index (χ2n) is 12.3. The third-order valence-electron chi connectivity index (χ3n) is 9.24. The number of fused-ring (bicyclic) bond motifs is 4. The molecule has 0 bridgehead atoms. The van der Waals surface area contributed by atoms with Gasteiger partial charge in [0.1, 0.15) is 11.6 Å². The summed E-state index contributed by atoms with van der Waals surface area (Å²) in [6.45, 7) is 1.95. The molecule has 0 N–H and O–H groups in total. The molecule has 52 heavy (non-hydrogen) atoms. The van der Waals surface area contributed by atoms with Gasteiger partial charge in [-0.2, -0.15) is 0 Å². The quantitative estimate of drug-likeness (QED) is 0.181. The Labute approximate surface area is 297 Å². The van der Waals surface area contributed by atoms with Gasteiger partial charge >= 0.3 is 0 Å². The van der Waals surface area contributed by atoms with Crippen molar-refractivity contribution in [2.45, 2.75) is 13.3 Å². The molecule has 0 saturated heterocycles. The molecule has 7 aromatic heterocycles. The van der Waals surface area contributed by atoms with E-state index in [2.05, 4.69) is 72.4 Å². The van der Waals surface area contributed by atoms with E-state index >= 15 is 0 Å². The van der Waals surface area contributed by atoms with Crippen LogP contribution in [0.2, 0.25) is 0 Å². The highest BCUT2D eigenvalue weighted by atomic mass is 19.1. The molecule has 7 heterocycles. The van der Waals surface area contributed by atoms with Crippen LogP contribution < -0.4 is 0 Å². The van der Waals surface area contributed by atoms with Crippen LogP contribution in [0.25, 0.3) is 72.1 Å². The molecule has 0 unspecified atom stereocenters. The molecule has 1 aliphatic rings. The minimum atomic E-state index is -0.304. The van der Waals surface area contributed by atoms with Crippen LogP contribution in [0.1, 0.15) is 22.7 Å². The van der Waals surface area contributed by atoms with Crippen molar-refractivity contribution in [3.63, 3.8) is 0 Å². The minimum absolute atomic E-state index is 0.304. The van der Waals surface area contributed by atoms with E-state index in [4.69, 9.17) is 9.40 Å². The van der Waals surface area contributed by atoms with Crippen molar-refractivity contribution < 1.29 is 8.81 Å². The third kappa shape index (κ3) is 5.54. The number of hydrogen-bond donors (Lipinski definition) is 0. The molecule has 248 valence electrons. The number of hydrogen-bond acceptors (Lipinski definition) is 8. The van der Waals surface area contributed by atoms with Crippen molar-refractivity contribution in [1.82, 2.24) is 34.9 Å². The summed E-state index contributed by atoms with van der Waals surface area (Å²) in [6, 6.07) is 28.8. The van der Waals surface area contributed by atoms with E-state index in [1.54, 1.807) is 49.2 Å². The number of furan rings is 1. The maximum atomic E-state index is 14.3. The maximum Gasteiger partial charge on any atom is 0.160 e. The molecule has 0 saturated carbocycles. The van der Waals surface area contributed by atoms with Gasteiger partial charge in [0.2, 0.25) is 0 Å². The van der Waals surface area contributed by atoms with Gasteiger partial charge in [0, 0.05) is 76.5 Å². The Hall–Kier alpha value is -7.00. The van der Waals surface area contributed by atoms with Crippen molar-refractivity contribution >= 4 is 38.4 Å². The first-order valence-corrected chi connectivity index (χ1v) is 16.8. The zero-order valence-corrected chi connectivity index (χ0v) is 27.9. The van der Waals surface area contributed by atoms with Gasteiger partial charge in [0.05, 0.1) is 29.0 Å². The van der Waals surface area contributed by atoms with Gasteiger partial charge in [0.15, 0.2) is 11.3 Å². The minimum Gasteiger partial charge on any atom is -0.469 e. The fraction of sp³-hybridized carbons (Fsp3) is 0.0465. The van der Waals surface area contributed by atoms with Gasteiger partial charge in [-0.15, -0.1) is 0 Å². The largest absolute Gasteiger partial charge is 0.469 e. The Balaban J connectivity index is 0.000000138. The summed E-state index contributed by atoms with van der Waals surface area (Å²) >= 11 is 0. The SMILES string of the molecule is Cc1occc1-c1cc(-c2cccc3cnccc23)c2cccnc2n1.Fc1ccccc1-c1cc(C2=CCc3nccnc32)c2cccnc2n1. The highest BCUT2D eigenvalue weighted by Gasteiger charge is 2.22. The number of aromatic nitrogens is 7. The lowest BCUT2D eigenvalue weighted by atomic mass is 9.96. The molecule has 0 atom stereocenters. The summed E-state index contributed by atoms with van der Waals surface area (Å²) in [7, 11) is 0. The Bertz CT molecular complexity index is 2820. The average Bonchev–Trinajstić information content (AvgIpc) is 3.83. The molecule has 2 aromatic carbocycles.